The molecule has 240 valence electrons. The molecule has 2 aliphatic rings. The molecule has 18 heteroatoms. The lowest BCUT2D eigenvalue weighted by atomic mass is 10.2. The summed E-state index contributed by atoms with van der Waals surface area (Å²) in [6.07, 6.45) is -2.99. The van der Waals surface area contributed by atoms with Gasteiger partial charge in [0.25, 0.3) is 11.1 Å². The maximum atomic E-state index is 14.1. The fourth-order valence-corrected chi connectivity index (χ4v) is 8.41. The van der Waals surface area contributed by atoms with Crippen molar-refractivity contribution in [3.8, 4) is 0 Å². The zero-order valence-corrected chi connectivity index (χ0v) is 26.3. The standard InChI is InChI=1S/C25H38N5O11PS/c1-14-10-28(24(35)26-22(14)33)20-8-16(32)19(40-20)13-38-42(37,43-7-6-30(3,4)5)41-17-9-21(39-18(17)12-31)29-11-15(2)23(34)27-25(29)36/h10-11,16-21,31-32H,6-9,12-13H2,1-5H3,(H-,26,27,33,34,35,36)/p+1/t16-,17-,18+,19+,20+,21+,42?/m0/s1. The van der Waals surface area contributed by atoms with E-state index in [9.17, 15) is 34.0 Å². The van der Waals surface area contributed by atoms with Gasteiger partial charge in [-0.1, -0.05) is 0 Å². The Kier molecular flexibility index (Phi) is 10.4. The molecule has 4 rings (SSSR count). The average molecular weight is 649 g/mol. The van der Waals surface area contributed by atoms with Crippen LogP contribution in [0.3, 0.4) is 0 Å². The summed E-state index contributed by atoms with van der Waals surface area (Å²) in [5, 5.41) is 20.7. The second kappa shape index (κ2) is 13.3. The van der Waals surface area contributed by atoms with Crippen molar-refractivity contribution < 1.29 is 37.8 Å². The van der Waals surface area contributed by atoms with Crippen LogP contribution < -0.4 is 22.5 Å². The number of nitrogens with one attached hydrogen (secondary N) is 2. The van der Waals surface area contributed by atoms with Gasteiger partial charge in [0.1, 0.15) is 30.8 Å². The van der Waals surface area contributed by atoms with Crippen molar-refractivity contribution in [2.24, 2.45) is 0 Å². The Morgan fingerprint density at radius 2 is 1.51 bits per heavy atom. The van der Waals surface area contributed by atoms with E-state index in [4.69, 9.17) is 18.5 Å². The van der Waals surface area contributed by atoms with Crippen molar-refractivity contribution in [1.29, 1.82) is 0 Å². The summed E-state index contributed by atoms with van der Waals surface area (Å²) < 4.78 is 40.5. The lowest BCUT2D eigenvalue weighted by Gasteiger charge is -2.27. The Morgan fingerprint density at radius 1 is 0.977 bits per heavy atom. The monoisotopic (exact) mass is 648 g/mol. The Hall–Kier alpha value is -2.34. The molecule has 2 aromatic rings. The van der Waals surface area contributed by atoms with Crippen LogP contribution in [0.4, 0.5) is 0 Å². The number of rotatable bonds is 12. The van der Waals surface area contributed by atoms with E-state index < -0.39 is 72.8 Å². The van der Waals surface area contributed by atoms with Crippen LogP contribution in [0.15, 0.2) is 31.6 Å². The molecule has 0 radical (unpaired) electrons. The third kappa shape index (κ3) is 8.23. The third-order valence-electron chi connectivity index (χ3n) is 7.15. The van der Waals surface area contributed by atoms with E-state index in [0.717, 1.165) is 11.4 Å². The molecule has 0 bridgehead atoms. The molecule has 2 aromatic heterocycles. The maximum Gasteiger partial charge on any atom is 0.389 e. The lowest BCUT2D eigenvalue weighted by molar-refractivity contribution is -0.867. The smallest absolute Gasteiger partial charge is 0.389 e. The molecule has 0 spiro atoms. The van der Waals surface area contributed by atoms with Crippen molar-refractivity contribution in [2.75, 3.05) is 46.7 Å². The van der Waals surface area contributed by atoms with E-state index in [-0.39, 0.29) is 25.0 Å². The van der Waals surface area contributed by atoms with Crippen molar-refractivity contribution in [3.63, 3.8) is 0 Å². The summed E-state index contributed by atoms with van der Waals surface area (Å²) in [4.78, 5) is 52.7. The Morgan fingerprint density at radius 3 is 2.05 bits per heavy atom. The number of aliphatic hydroxyl groups excluding tert-OH is 2. The van der Waals surface area contributed by atoms with Crippen LogP contribution in [-0.2, 0) is 23.1 Å². The lowest BCUT2D eigenvalue weighted by Crippen LogP contribution is -2.36. The van der Waals surface area contributed by atoms with Crippen LogP contribution in [0.1, 0.15) is 36.4 Å². The molecule has 43 heavy (non-hydrogen) atoms. The van der Waals surface area contributed by atoms with E-state index in [1.165, 1.54) is 35.4 Å². The quantitative estimate of drug-likeness (QED) is 0.171. The summed E-state index contributed by atoms with van der Waals surface area (Å²) in [6.45, 7) is -1.15. The first kappa shape index (κ1) is 33.6. The Balaban J connectivity index is 1.50. The summed E-state index contributed by atoms with van der Waals surface area (Å²) in [6, 6.07) is 0. The minimum absolute atomic E-state index is 0.0251. The van der Waals surface area contributed by atoms with E-state index in [1.807, 2.05) is 21.1 Å². The number of aryl methyl sites for hydroxylation is 2. The van der Waals surface area contributed by atoms with Crippen molar-refractivity contribution in [2.45, 2.75) is 63.6 Å². The molecular weight excluding hydrogens is 609 g/mol. The molecule has 2 aliphatic heterocycles. The molecule has 2 saturated heterocycles. The van der Waals surface area contributed by atoms with Gasteiger partial charge in [0.05, 0.1) is 52.8 Å². The molecule has 0 saturated carbocycles. The molecule has 4 heterocycles. The highest BCUT2D eigenvalue weighted by Crippen LogP contribution is 2.63. The largest absolute Gasteiger partial charge is 0.394 e. The van der Waals surface area contributed by atoms with E-state index in [1.54, 1.807) is 0 Å². The van der Waals surface area contributed by atoms with Gasteiger partial charge in [0.15, 0.2) is 0 Å². The zero-order valence-electron chi connectivity index (χ0n) is 24.6. The van der Waals surface area contributed by atoms with E-state index in [0.29, 0.717) is 22.3 Å². The van der Waals surface area contributed by atoms with Gasteiger partial charge in [-0.05, 0) is 25.2 Å². The summed E-state index contributed by atoms with van der Waals surface area (Å²) in [7, 11) is 5.91. The summed E-state index contributed by atoms with van der Waals surface area (Å²) >= 11 is 0.953. The van der Waals surface area contributed by atoms with Crippen LogP contribution in [0.2, 0.25) is 0 Å². The van der Waals surface area contributed by atoms with Gasteiger partial charge in [-0.2, -0.15) is 0 Å². The van der Waals surface area contributed by atoms with Crippen molar-refractivity contribution in [3.05, 3.63) is 65.2 Å². The molecule has 0 aliphatic carbocycles. The van der Waals surface area contributed by atoms with Crippen LogP contribution in [0.5, 0.6) is 0 Å². The molecule has 4 N–H and O–H groups in total. The van der Waals surface area contributed by atoms with Crippen LogP contribution in [-0.4, -0.2) is 105 Å². The fraction of sp³-hybridized carbons (Fsp3) is 0.680. The Bertz CT molecular complexity index is 1580. The molecule has 16 nitrogen and oxygen atoms in total. The van der Waals surface area contributed by atoms with Gasteiger partial charge in [0, 0.05) is 36.4 Å². The fourth-order valence-electron chi connectivity index (χ4n) is 4.64. The number of quaternary nitrogens is 1. The van der Waals surface area contributed by atoms with Crippen LogP contribution >= 0.6 is 18.2 Å². The highest BCUT2D eigenvalue weighted by atomic mass is 32.7. The number of H-pyrrole nitrogens is 2. The van der Waals surface area contributed by atoms with Gasteiger partial charge in [-0.3, -0.25) is 37.7 Å². The summed E-state index contributed by atoms with van der Waals surface area (Å²) in [5.41, 5.74) is -1.88. The number of aliphatic hydroxyl groups is 2. The average Bonchev–Trinajstić information content (AvgIpc) is 3.48. The number of ether oxygens (including phenoxy) is 2. The van der Waals surface area contributed by atoms with Gasteiger partial charge >= 0.3 is 18.2 Å². The van der Waals surface area contributed by atoms with Gasteiger partial charge in [0.2, 0.25) is 0 Å². The van der Waals surface area contributed by atoms with Crippen LogP contribution in [0, 0.1) is 13.8 Å². The topological polar surface area (TPSA) is 204 Å². The number of nitrogens with zero attached hydrogens (tertiary/aromatic N) is 3. The molecule has 0 aromatic carbocycles. The van der Waals surface area contributed by atoms with Gasteiger partial charge < -0.3 is 24.2 Å². The molecule has 0 amide bonds. The zero-order chi connectivity index (χ0) is 31.7. The van der Waals surface area contributed by atoms with Crippen molar-refractivity contribution in [1.82, 2.24) is 19.1 Å². The van der Waals surface area contributed by atoms with Gasteiger partial charge in [-0.25, -0.2) is 14.2 Å². The number of hydrogen-bond donors (Lipinski definition) is 4. The van der Waals surface area contributed by atoms with Crippen LogP contribution in [0.25, 0.3) is 0 Å². The van der Waals surface area contributed by atoms with E-state index >= 15 is 0 Å². The predicted molar refractivity (Wildman–Crippen MR) is 156 cm³/mol. The SMILES string of the molecule is Cc1cn([C@H]2C[C@H](OP(=O)(OC[C@H]3O[C@@H](n4cc(C)c(=O)[nH]c4=O)C[C@@H]3O)SCC[N+](C)(C)C)[C@@H](CO)O2)c(=O)[nH]c1=O. The maximum absolute atomic E-state index is 14.1. The molecule has 1 unspecified atom stereocenters. The second-order valence-corrected chi connectivity index (χ2v) is 15.8. The summed E-state index contributed by atoms with van der Waals surface area (Å²) in [5.74, 6) is 0.378. The minimum Gasteiger partial charge on any atom is -0.394 e. The number of hydrogen-bond acceptors (Lipinski definition) is 12. The van der Waals surface area contributed by atoms with Crippen molar-refractivity contribution >= 4 is 18.2 Å². The highest BCUT2D eigenvalue weighted by molar-refractivity contribution is 8.55. The Labute approximate surface area is 250 Å². The molecule has 7 atom stereocenters. The number of aromatic amines is 2. The second-order valence-electron chi connectivity index (χ2n) is 11.7. The third-order valence-corrected chi connectivity index (χ3v) is 10.9. The minimum atomic E-state index is -3.98. The molecular formula is C25H39N5O11PS+. The molecule has 2 fully saturated rings. The number of aromatic nitrogens is 4. The highest BCUT2D eigenvalue weighted by Gasteiger charge is 2.44. The first-order valence-electron chi connectivity index (χ1n) is 13.7. The first-order chi connectivity index (χ1) is 20.1. The predicted octanol–water partition coefficient (Wildman–Crippen LogP) is -0.419. The first-order valence-corrected chi connectivity index (χ1v) is 16.8. The van der Waals surface area contributed by atoms with Gasteiger partial charge in [-0.15, -0.1) is 0 Å². The van der Waals surface area contributed by atoms with E-state index in [2.05, 4.69) is 9.97 Å². The normalized spacial score (nSPS) is 27.4.